The third-order valence-corrected chi connectivity index (χ3v) is 2.74. The van der Waals surface area contributed by atoms with Crippen molar-refractivity contribution in [2.45, 2.75) is 6.42 Å². The van der Waals surface area contributed by atoms with Gasteiger partial charge in [-0.1, -0.05) is 0 Å². The average Bonchev–Trinajstić information content (AvgIpc) is 2.46. The van der Waals surface area contributed by atoms with Gasteiger partial charge in [-0.25, -0.2) is 0 Å². The molecule has 0 aliphatic rings. The number of benzene rings is 1. The van der Waals surface area contributed by atoms with Gasteiger partial charge in [0.2, 0.25) is 0 Å². The Morgan fingerprint density at radius 2 is 1.70 bits per heavy atom. The summed E-state index contributed by atoms with van der Waals surface area (Å²) in [6, 6.07) is 3.66. The number of hydrogen-bond acceptors (Lipinski definition) is 4. The highest BCUT2D eigenvalue weighted by molar-refractivity contribution is 14.0. The second kappa shape index (κ2) is 9.51. The zero-order valence-electron chi connectivity index (χ0n) is 12.2. The van der Waals surface area contributed by atoms with E-state index in [4.69, 9.17) is 19.9 Å². The van der Waals surface area contributed by atoms with Crippen LogP contribution in [0.2, 0.25) is 0 Å². The summed E-state index contributed by atoms with van der Waals surface area (Å²) in [7, 11) is 6.48. The van der Waals surface area contributed by atoms with Gasteiger partial charge in [0, 0.05) is 31.3 Å². The highest BCUT2D eigenvalue weighted by Gasteiger charge is 2.12. The van der Waals surface area contributed by atoms with Crippen LogP contribution in [0.5, 0.6) is 17.2 Å². The lowest BCUT2D eigenvalue weighted by molar-refractivity contribution is 0.368. The molecule has 6 nitrogen and oxygen atoms in total. The number of methoxy groups -OCH3 is 3. The molecule has 0 spiro atoms. The highest BCUT2D eigenvalue weighted by Crippen LogP contribution is 2.34. The van der Waals surface area contributed by atoms with Crippen LogP contribution in [0.25, 0.3) is 0 Å². The van der Waals surface area contributed by atoms with Crippen LogP contribution in [0.15, 0.2) is 17.1 Å². The van der Waals surface area contributed by atoms with Crippen LogP contribution in [0.3, 0.4) is 0 Å². The van der Waals surface area contributed by atoms with E-state index in [9.17, 15) is 0 Å². The normalized spacial score (nSPS) is 10.5. The van der Waals surface area contributed by atoms with Gasteiger partial charge in [-0.05, 0) is 6.42 Å². The monoisotopic (exact) mass is 395 g/mol. The van der Waals surface area contributed by atoms with Crippen LogP contribution >= 0.6 is 24.0 Å². The number of guanidine groups is 1. The van der Waals surface area contributed by atoms with E-state index < -0.39 is 0 Å². The molecule has 114 valence electrons. The van der Waals surface area contributed by atoms with E-state index in [1.165, 1.54) is 0 Å². The SMILES string of the molecule is CN=C(N)NCCc1c(OC)cc(OC)cc1OC.I. The lowest BCUT2D eigenvalue weighted by atomic mass is 10.1. The molecule has 0 aliphatic heterocycles. The first-order valence-electron chi connectivity index (χ1n) is 5.91. The van der Waals surface area contributed by atoms with Crippen LogP contribution in [-0.2, 0) is 6.42 Å². The van der Waals surface area contributed by atoms with Crippen molar-refractivity contribution in [1.82, 2.24) is 5.32 Å². The zero-order chi connectivity index (χ0) is 14.3. The molecule has 0 atom stereocenters. The van der Waals surface area contributed by atoms with E-state index in [0.29, 0.717) is 24.7 Å². The Hall–Kier alpha value is -1.38. The van der Waals surface area contributed by atoms with Crippen molar-refractivity contribution < 1.29 is 14.2 Å². The highest BCUT2D eigenvalue weighted by atomic mass is 127. The van der Waals surface area contributed by atoms with Crippen LogP contribution in [-0.4, -0.2) is 40.9 Å². The molecule has 1 rings (SSSR count). The molecule has 0 fully saturated rings. The van der Waals surface area contributed by atoms with Crippen molar-refractivity contribution in [2.75, 3.05) is 34.9 Å². The minimum absolute atomic E-state index is 0. The summed E-state index contributed by atoms with van der Waals surface area (Å²) in [6.07, 6.45) is 0.701. The smallest absolute Gasteiger partial charge is 0.188 e. The number of rotatable bonds is 6. The van der Waals surface area contributed by atoms with Gasteiger partial charge in [0.15, 0.2) is 5.96 Å². The molecule has 1 aromatic rings. The second-order valence-corrected chi connectivity index (χ2v) is 3.80. The molecule has 0 saturated heterocycles. The van der Waals surface area contributed by atoms with Gasteiger partial charge < -0.3 is 25.3 Å². The van der Waals surface area contributed by atoms with E-state index >= 15 is 0 Å². The number of halogens is 1. The summed E-state index contributed by atoms with van der Waals surface area (Å²) < 4.78 is 15.9. The molecular weight excluding hydrogens is 373 g/mol. The van der Waals surface area contributed by atoms with Crippen molar-refractivity contribution in [3.05, 3.63) is 17.7 Å². The number of nitrogens with two attached hydrogens (primary N) is 1. The molecule has 1 aromatic carbocycles. The Morgan fingerprint density at radius 1 is 1.15 bits per heavy atom. The van der Waals surface area contributed by atoms with Gasteiger partial charge in [-0.3, -0.25) is 4.99 Å². The van der Waals surface area contributed by atoms with E-state index in [1.807, 2.05) is 12.1 Å². The van der Waals surface area contributed by atoms with Crippen molar-refractivity contribution in [1.29, 1.82) is 0 Å². The zero-order valence-corrected chi connectivity index (χ0v) is 14.6. The third kappa shape index (κ3) is 4.95. The van der Waals surface area contributed by atoms with Crippen LogP contribution < -0.4 is 25.3 Å². The number of ether oxygens (including phenoxy) is 3. The van der Waals surface area contributed by atoms with Crippen molar-refractivity contribution in [3.63, 3.8) is 0 Å². The lowest BCUT2D eigenvalue weighted by Crippen LogP contribution is -2.33. The van der Waals surface area contributed by atoms with E-state index in [2.05, 4.69) is 10.3 Å². The van der Waals surface area contributed by atoms with Crippen LogP contribution in [0, 0.1) is 0 Å². The van der Waals surface area contributed by atoms with Gasteiger partial charge >= 0.3 is 0 Å². The van der Waals surface area contributed by atoms with Gasteiger partial charge in [0.25, 0.3) is 0 Å². The van der Waals surface area contributed by atoms with Gasteiger partial charge in [0.1, 0.15) is 17.2 Å². The molecule has 0 bridgehead atoms. The summed E-state index contributed by atoms with van der Waals surface area (Å²) in [5.41, 5.74) is 6.54. The predicted molar refractivity (Wildman–Crippen MR) is 90.8 cm³/mol. The number of hydrogen-bond donors (Lipinski definition) is 2. The largest absolute Gasteiger partial charge is 0.496 e. The Morgan fingerprint density at radius 3 is 2.10 bits per heavy atom. The maximum absolute atomic E-state index is 5.58. The van der Waals surface area contributed by atoms with Crippen LogP contribution in [0.4, 0.5) is 0 Å². The predicted octanol–water partition coefficient (Wildman–Crippen LogP) is 1.41. The van der Waals surface area contributed by atoms with Crippen LogP contribution in [0.1, 0.15) is 5.56 Å². The molecular formula is C13H22IN3O3. The van der Waals surface area contributed by atoms with E-state index in [0.717, 1.165) is 17.1 Å². The summed E-state index contributed by atoms with van der Waals surface area (Å²) in [6.45, 7) is 0.641. The maximum atomic E-state index is 5.58. The Labute approximate surface area is 136 Å². The van der Waals surface area contributed by atoms with Gasteiger partial charge in [0.05, 0.1) is 21.3 Å². The van der Waals surface area contributed by atoms with Gasteiger partial charge in [-0.2, -0.15) is 0 Å². The van der Waals surface area contributed by atoms with Crippen molar-refractivity contribution >= 4 is 29.9 Å². The molecule has 0 unspecified atom stereocenters. The first-order valence-corrected chi connectivity index (χ1v) is 5.91. The molecule has 3 N–H and O–H groups in total. The van der Waals surface area contributed by atoms with Crippen molar-refractivity contribution in [2.24, 2.45) is 10.7 Å². The van der Waals surface area contributed by atoms with Crippen molar-refractivity contribution in [3.8, 4) is 17.2 Å². The molecule has 0 radical (unpaired) electrons. The molecule has 0 aliphatic carbocycles. The minimum Gasteiger partial charge on any atom is -0.496 e. The number of aliphatic imine (C=N–C) groups is 1. The first kappa shape index (κ1) is 18.6. The fourth-order valence-corrected chi connectivity index (χ4v) is 1.72. The average molecular weight is 395 g/mol. The molecule has 20 heavy (non-hydrogen) atoms. The first-order chi connectivity index (χ1) is 9.15. The van der Waals surface area contributed by atoms with Gasteiger partial charge in [-0.15, -0.1) is 24.0 Å². The summed E-state index contributed by atoms with van der Waals surface area (Å²) >= 11 is 0. The fourth-order valence-electron chi connectivity index (χ4n) is 1.72. The standard InChI is InChI=1S/C13H21N3O3.HI/c1-15-13(14)16-6-5-10-11(18-3)7-9(17-2)8-12(10)19-4;/h7-8H,5-6H2,1-4H3,(H3,14,15,16);1H. The van der Waals surface area contributed by atoms with E-state index in [-0.39, 0.29) is 24.0 Å². The molecule has 0 saturated carbocycles. The Bertz CT molecular complexity index is 427. The topological polar surface area (TPSA) is 78.1 Å². The minimum atomic E-state index is 0. The fraction of sp³-hybridized carbons (Fsp3) is 0.462. The Kier molecular flexibility index (Phi) is 8.86. The summed E-state index contributed by atoms with van der Waals surface area (Å²) in [5.74, 6) is 2.56. The molecule has 7 heteroatoms. The lowest BCUT2D eigenvalue weighted by Gasteiger charge is -2.15. The Balaban J connectivity index is 0.00000361. The third-order valence-electron chi connectivity index (χ3n) is 2.74. The van der Waals surface area contributed by atoms with E-state index in [1.54, 1.807) is 28.4 Å². The maximum Gasteiger partial charge on any atom is 0.188 e. The quantitative estimate of drug-likeness (QED) is 0.433. The molecule has 0 amide bonds. The summed E-state index contributed by atoms with van der Waals surface area (Å²) in [4.78, 5) is 3.83. The number of nitrogens with zero attached hydrogens (tertiary/aromatic N) is 1. The summed E-state index contributed by atoms with van der Waals surface area (Å²) in [5, 5.41) is 3.00. The number of nitrogens with one attached hydrogen (secondary N) is 1. The molecule has 0 aromatic heterocycles. The molecule has 0 heterocycles. The second-order valence-electron chi connectivity index (χ2n) is 3.80.